The molecule has 0 fully saturated rings. The van der Waals surface area contributed by atoms with Gasteiger partial charge in [-0.2, -0.15) is 13.2 Å². The van der Waals surface area contributed by atoms with Gasteiger partial charge in [-0.25, -0.2) is 4.39 Å². The number of benzene rings is 1. The monoisotopic (exact) mass is 354 g/mol. The standard InChI is InChI=1S/C18H18F4N2O/c1-2-3-4-8-17(18(20,21)22)12-7-9-23-16(25)15(12)24-14-6-5-11(19)10-13(14)17/h5-7,9-10,24H,2-4,8H2,1H3,(H,23,25). The molecule has 1 aromatic carbocycles. The van der Waals surface area contributed by atoms with E-state index in [2.05, 4.69) is 10.3 Å². The number of anilines is 2. The molecule has 25 heavy (non-hydrogen) atoms. The average molecular weight is 354 g/mol. The molecule has 0 spiro atoms. The predicted octanol–water partition coefficient (Wildman–Crippen LogP) is 5.00. The van der Waals surface area contributed by atoms with Crippen molar-refractivity contribution in [2.45, 2.75) is 44.2 Å². The van der Waals surface area contributed by atoms with Gasteiger partial charge in [0, 0.05) is 17.4 Å². The van der Waals surface area contributed by atoms with Crippen molar-refractivity contribution < 1.29 is 17.6 Å². The van der Waals surface area contributed by atoms with Crippen molar-refractivity contribution in [3.05, 3.63) is 57.8 Å². The van der Waals surface area contributed by atoms with Crippen LogP contribution in [0.25, 0.3) is 0 Å². The Kier molecular flexibility index (Phi) is 4.34. The molecule has 0 saturated heterocycles. The van der Waals surface area contributed by atoms with Crippen molar-refractivity contribution in [3.63, 3.8) is 0 Å². The molecule has 3 rings (SSSR count). The second kappa shape index (κ2) is 6.20. The van der Waals surface area contributed by atoms with E-state index in [0.29, 0.717) is 12.8 Å². The Morgan fingerprint density at radius 1 is 1.12 bits per heavy atom. The summed E-state index contributed by atoms with van der Waals surface area (Å²) in [6, 6.07) is 4.52. The third-order valence-corrected chi connectivity index (χ3v) is 4.76. The molecule has 1 aromatic heterocycles. The van der Waals surface area contributed by atoms with E-state index in [4.69, 9.17) is 0 Å². The Balaban J connectivity index is 2.33. The largest absolute Gasteiger partial charge is 0.402 e. The lowest BCUT2D eigenvalue weighted by molar-refractivity contribution is -0.180. The molecule has 2 heterocycles. The van der Waals surface area contributed by atoms with Crippen LogP contribution in [-0.2, 0) is 5.41 Å². The molecular weight excluding hydrogens is 336 g/mol. The van der Waals surface area contributed by atoms with Crippen LogP contribution >= 0.6 is 0 Å². The smallest absolute Gasteiger partial charge is 0.351 e. The highest BCUT2D eigenvalue weighted by atomic mass is 19.4. The van der Waals surface area contributed by atoms with Crippen molar-refractivity contribution in [2.24, 2.45) is 0 Å². The first-order valence-electron chi connectivity index (χ1n) is 8.17. The molecule has 0 amide bonds. The van der Waals surface area contributed by atoms with Crippen LogP contribution in [0.1, 0.15) is 43.7 Å². The molecule has 1 atom stereocenters. The zero-order chi connectivity index (χ0) is 18.2. The molecule has 2 N–H and O–H groups in total. The topological polar surface area (TPSA) is 44.9 Å². The minimum absolute atomic E-state index is 0.111. The fourth-order valence-electron chi connectivity index (χ4n) is 3.57. The van der Waals surface area contributed by atoms with E-state index in [1.807, 2.05) is 6.92 Å². The highest BCUT2D eigenvalue weighted by molar-refractivity contribution is 5.75. The quantitative estimate of drug-likeness (QED) is 0.599. The lowest BCUT2D eigenvalue weighted by Gasteiger charge is -2.42. The summed E-state index contributed by atoms with van der Waals surface area (Å²) in [4.78, 5) is 14.5. The van der Waals surface area contributed by atoms with Gasteiger partial charge in [0.15, 0.2) is 0 Å². The first-order chi connectivity index (χ1) is 11.8. The van der Waals surface area contributed by atoms with E-state index < -0.39 is 23.0 Å². The number of alkyl halides is 3. The van der Waals surface area contributed by atoms with Gasteiger partial charge in [-0.15, -0.1) is 0 Å². The van der Waals surface area contributed by atoms with E-state index in [1.165, 1.54) is 18.3 Å². The molecule has 1 unspecified atom stereocenters. The van der Waals surface area contributed by atoms with Crippen molar-refractivity contribution in [1.82, 2.24) is 4.98 Å². The molecule has 134 valence electrons. The number of unbranched alkanes of at least 4 members (excludes halogenated alkanes) is 2. The molecule has 7 heteroatoms. The zero-order valence-electron chi connectivity index (χ0n) is 13.6. The van der Waals surface area contributed by atoms with E-state index in [1.54, 1.807) is 0 Å². The van der Waals surface area contributed by atoms with E-state index in [9.17, 15) is 22.4 Å². The van der Waals surface area contributed by atoms with Gasteiger partial charge in [0.1, 0.15) is 16.9 Å². The van der Waals surface area contributed by atoms with E-state index in [-0.39, 0.29) is 28.9 Å². The highest BCUT2D eigenvalue weighted by Gasteiger charge is 2.60. The lowest BCUT2D eigenvalue weighted by Crippen LogP contribution is -2.47. The number of fused-ring (bicyclic) bond motifs is 2. The summed E-state index contributed by atoms with van der Waals surface area (Å²) >= 11 is 0. The number of H-pyrrole nitrogens is 1. The minimum Gasteiger partial charge on any atom is -0.351 e. The second-order valence-corrected chi connectivity index (χ2v) is 6.27. The molecule has 1 aliphatic heterocycles. The molecule has 2 aromatic rings. The zero-order valence-corrected chi connectivity index (χ0v) is 13.6. The number of hydrogen-bond acceptors (Lipinski definition) is 2. The molecule has 0 aliphatic carbocycles. The van der Waals surface area contributed by atoms with Gasteiger partial charge < -0.3 is 10.3 Å². The highest BCUT2D eigenvalue weighted by Crippen LogP contribution is 2.56. The summed E-state index contributed by atoms with van der Waals surface area (Å²) in [5, 5.41) is 2.74. The number of nitrogens with one attached hydrogen (secondary N) is 2. The summed E-state index contributed by atoms with van der Waals surface area (Å²) in [6.07, 6.45) is -2.02. The third kappa shape index (κ3) is 2.71. The van der Waals surface area contributed by atoms with Crippen molar-refractivity contribution in [1.29, 1.82) is 0 Å². The van der Waals surface area contributed by atoms with Crippen molar-refractivity contribution >= 4 is 11.4 Å². The Hall–Kier alpha value is -2.31. The molecule has 1 aliphatic rings. The number of pyridine rings is 1. The minimum atomic E-state index is -4.67. The van der Waals surface area contributed by atoms with Crippen LogP contribution in [0, 0.1) is 5.82 Å². The van der Waals surface area contributed by atoms with Crippen LogP contribution in [0.15, 0.2) is 35.3 Å². The molecule has 0 radical (unpaired) electrons. The van der Waals surface area contributed by atoms with Crippen molar-refractivity contribution in [3.8, 4) is 0 Å². The average Bonchev–Trinajstić information content (AvgIpc) is 2.54. The normalized spacial score (nSPS) is 19.1. The van der Waals surface area contributed by atoms with Crippen LogP contribution < -0.4 is 10.9 Å². The number of hydrogen-bond donors (Lipinski definition) is 2. The van der Waals surface area contributed by atoms with Crippen LogP contribution in [-0.4, -0.2) is 11.2 Å². The molecule has 0 bridgehead atoms. The maximum Gasteiger partial charge on any atom is 0.402 e. The molecular formula is C18H18F4N2O. The first-order valence-corrected chi connectivity index (χ1v) is 8.17. The summed E-state index contributed by atoms with van der Waals surface area (Å²) in [5.41, 5.74) is -3.38. The fraction of sp³-hybridized carbons (Fsp3) is 0.389. The molecule has 0 saturated carbocycles. The first kappa shape index (κ1) is 17.5. The third-order valence-electron chi connectivity index (χ3n) is 4.76. The maximum absolute atomic E-state index is 14.4. The summed E-state index contributed by atoms with van der Waals surface area (Å²) < 4.78 is 57.0. The van der Waals surface area contributed by atoms with Gasteiger partial charge in [0.05, 0.1) is 0 Å². The van der Waals surface area contributed by atoms with Gasteiger partial charge >= 0.3 is 6.18 Å². The number of aromatic amines is 1. The summed E-state index contributed by atoms with van der Waals surface area (Å²) in [6.45, 7) is 1.90. The number of rotatable bonds is 4. The Morgan fingerprint density at radius 2 is 1.88 bits per heavy atom. The van der Waals surface area contributed by atoms with Crippen LogP contribution in [0.2, 0.25) is 0 Å². The van der Waals surface area contributed by atoms with Gasteiger partial charge in [0.25, 0.3) is 5.56 Å². The van der Waals surface area contributed by atoms with Gasteiger partial charge in [0.2, 0.25) is 0 Å². The summed E-state index contributed by atoms with van der Waals surface area (Å²) in [7, 11) is 0. The Morgan fingerprint density at radius 3 is 2.56 bits per heavy atom. The SMILES string of the molecule is CCCCCC1(C(F)(F)F)c2cc(F)ccc2Nc2c1cc[nH]c2=O. The summed E-state index contributed by atoms with van der Waals surface area (Å²) in [5.74, 6) is -0.738. The van der Waals surface area contributed by atoms with Crippen LogP contribution in [0.5, 0.6) is 0 Å². The van der Waals surface area contributed by atoms with Crippen LogP contribution in [0.4, 0.5) is 28.9 Å². The van der Waals surface area contributed by atoms with E-state index >= 15 is 0 Å². The second-order valence-electron chi connectivity index (χ2n) is 6.27. The Bertz CT molecular complexity index is 844. The van der Waals surface area contributed by atoms with Crippen molar-refractivity contribution in [2.75, 3.05) is 5.32 Å². The van der Waals surface area contributed by atoms with Gasteiger partial charge in [-0.3, -0.25) is 4.79 Å². The van der Waals surface area contributed by atoms with Crippen LogP contribution in [0.3, 0.4) is 0 Å². The van der Waals surface area contributed by atoms with E-state index in [0.717, 1.165) is 18.6 Å². The predicted molar refractivity (Wildman–Crippen MR) is 87.7 cm³/mol. The number of aromatic nitrogens is 1. The maximum atomic E-state index is 14.4. The van der Waals surface area contributed by atoms with Gasteiger partial charge in [-0.1, -0.05) is 26.2 Å². The fourth-order valence-corrected chi connectivity index (χ4v) is 3.57. The van der Waals surface area contributed by atoms with Gasteiger partial charge in [-0.05, 0) is 36.2 Å². The Labute approximate surface area is 142 Å². The molecule has 3 nitrogen and oxygen atoms in total. The lowest BCUT2D eigenvalue weighted by atomic mass is 9.67. The number of halogens is 4.